The Bertz CT molecular complexity index is 1630. The van der Waals surface area contributed by atoms with Crippen molar-refractivity contribution in [3.8, 4) is 0 Å². The molecule has 0 aliphatic carbocycles. The van der Waals surface area contributed by atoms with Gasteiger partial charge in [0.05, 0.1) is 29.4 Å². The van der Waals surface area contributed by atoms with Crippen molar-refractivity contribution >= 4 is 55.7 Å². The Kier molecular flexibility index (Phi) is 5.39. The number of anilines is 2. The highest BCUT2D eigenvalue weighted by Crippen LogP contribution is 2.42. The van der Waals surface area contributed by atoms with Crippen LogP contribution in [0.2, 0.25) is 0 Å². The highest BCUT2D eigenvalue weighted by molar-refractivity contribution is 6.09. The summed E-state index contributed by atoms with van der Waals surface area (Å²) in [6.07, 6.45) is 0. The van der Waals surface area contributed by atoms with Crippen LogP contribution in [0, 0.1) is 0 Å². The molecule has 0 spiro atoms. The number of azo groups is 2. The molecule has 6 rings (SSSR count). The predicted octanol–water partition coefficient (Wildman–Crippen LogP) is 8.37. The number of hydrogen-bond donors (Lipinski definition) is 3. The van der Waals surface area contributed by atoms with Crippen LogP contribution in [-0.4, -0.2) is 17.4 Å². The average Bonchev–Trinajstić information content (AvgIpc) is 2.92. The lowest BCUT2D eigenvalue weighted by Crippen LogP contribution is -2.48. The Hall–Kier alpha value is -4.62. The van der Waals surface area contributed by atoms with Gasteiger partial charge >= 0.3 is 0 Å². The molecule has 36 heavy (non-hydrogen) atoms. The van der Waals surface area contributed by atoms with Crippen molar-refractivity contribution < 1.29 is 5.11 Å². The summed E-state index contributed by atoms with van der Waals surface area (Å²) in [5.41, 5.74) is 4.39. The molecule has 7 nitrogen and oxygen atoms in total. The zero-order valence-electron chi connectivity index (χ0n) is 19.7. The number of rotatable bonds is 5. The Morgan fingerprint density at radius 1 is 0.583 bits per heavy atom. The van der Waals surface area contributed by atoms with Gasteiger partial charge in [-0.15, -0.1) is 15.3 Å². The summed E-state index contributed by atoms with van der Waals surface area (Å²) in [6.45, 7) is 1.88. The topological polar surface area (TPSA) is 93.7 Å². The van der Waals surface area contributed by atoms with Crippen molar-refractivity contribution in [2.45, 2.75) is 12.6 Å². The van der Waals surface area contributed by atoms with Gasteiger partial charge in [-0.25, -0.2) is 0 Å². The second kappa shape index (κ2) is 8.87. The molecule has 5 aromatic rings. The first-order valence-corrected chi connectivity index (χ1v) is 11.8. The van der Waals surface area contributed by atoms with E-state index >= 15 is 0 Å². The van der Waals surface area contributed by atoms with Crippen LogP contribution in [0.3, 0.4) is 0 Å². The highest BCUT2D eigenvalue weighted by Gasteiger charge is 2.29. The molecule has 1 heterocycles. The maximum absolute atomic E-state index is 9.82. The second-order valence-corrected chi connectivity index (χ2v) is 8.99. The molecule has 0 radical (unpaired) electrons. The summed E-state index contributed by atoms with van der Waals surface area (Å²) in [4.78, 5) is 0. The number of aliphatic hydroxyl groups excluding tert-OH is 1. The molecule has 176 valence electrons. The second-order valence-electron chi connectivity index (χ2n) is 8.99. The van der Waals surface area contributed by atoms with Crippen molar-refractivity contribution in [3.05, 3.63) is 97.1 Å². The number of hydrogen-bond acceptors (Lipinski definition) is 7. The van der Waals surface area contributed by atoms with Gasteiger partial charge in [0.15, 0.2) is 0 Å². The lowest BCUT2D eigenvalue weighted by molar-refractivity contribution is 0.238. The van der Waals surface area contributed by atoms with Gasteiger partial charge in [-0.05, 0) is 49.4 Å². The number of fused-ring (bicyclic) bond motifs is 1. The predicted molar refractivity (Wildman–Crippen MR) is 145 cm³/mol. The molecule has 0 saturated carbocycles. The van der Waals surface area contributed by atoms with Gasteiger partial charge in [0, 0.05) is 32.9 Å². The Balaban J connectivity index is 1.38. The van der Waals surface area contributed by atoms with Gasteiger partial charge in [-0.1, -0.05) is 54.6 Å². The molecule has 0 fully saturated rings. The van der Waals surface area contributed by atoms with E-state index in [0.717, 1.165) is 55.7 Å². The minimum atomic E-state index is -0.622. The van der Waals surface area contributed by atoms with Crippen LogP contribution >= 0.6 is 0 Å². The highest BCUT2D eigenvalue weighted by atomic mass is 16.3. The molecule has 1 atom stereocenters. The third-order valence-corrected chi connectivity index (χ3v) is 6.33. The van der Waals surface area contributed by atoms with Crippen molar-refractivity contribution in [1.82, 2.24) is 0 Å². The van der Waals surface area contributed by atoms with Crippen molar-refractivity contribution in [2.24, 2.45) is 20.5 Å². The number of nitrogens with one attached hydrogen (secondary N) is 2. The summed E-state index contributed by atoms with van der Waals surface area (Å²) in [5.74, 6) is 0. The lowest BCUT2D eigenvalue weighted by atomic mass is 9.99. The molecule has 0 aromatic heterocycles. The van der Waals surface area contributed by atoms with Crippen LogP contribution in [0.4, 0.5) is 34.1 Å². The first-order valence-electron chi connectivity index (χ1n) is 11.8. The minimum Gasteiger partial charge on any atom is -0.392 e. The van der Waals surface area contributed by atoms with Crippen LogP contribution in [-0.2, 0) is 0 Å². The zero-order valence-corrected chi connectivity index (χ0v) is 19.7. The third kappa shape index (κ3) is 3.95. The van der Waals surface area contributed by atoms with Gasteiger partial charge in [-0.3, -0.25) is 0 Å². The Labute approximate surface area is 208 Å². The molecule has 0 amide bonds. The molecule has 7 heteroatoms. The van der Waals surface area contributed by atoms with E-state index in [1.807, 2.05) is 104 Å². The van der Waals surface area contributed by atoms with Crippen LogP contribution in [0.25, 0.3) is 21.5 Å². The SMILES string of the molecule is CC1(CO)Nc2cccc3c(N=Nc4ccc(/N=N/c5ccccc5)c5ccccc45)ccc(c23)N1. The normalized spacial score (nSPS) is 17.1. The fourth-order valence-corrected chi connectivity index (χ4v) is 4.55. The van der Waals surface area contributed by atoms with Gasteiger partial charge in [-0.2, -0.15) is 5.11 Å². The van der Waals surface area contributed by atoms with E-state index in [4.69, 9.17) is 0 Å². The molecule has 1 aliphatic heterocycles. The standard InChI is InChI=1S/C29H24N6O/c1-29(18-36)30-26-13-7-12-22-25(16-17-27(31-29)28(22)26)35-34-24-15-14-23(20-10-5-6-11-21(20)24)33-32-19-8-3-2-4-9-19/h2-17,30-31,36H,18H2,1H3/b33-32+,35-34?. The number of nitrogens with zero attached hydrogens (tertiary/aromatic N) is 4. The third-order valence-electron chi connectivity index (χ3n) is 6.33. The fraction of sp³-hybridized carbons (Fsp3) is 0.103. The summed E-state index contributed by atoms with van der Waals surface area (Å²) < 4.78 is 0. The van der Waals surface area contributed by atoms with Crippen LogP contribution in [0.15, 0.2) is 118 Å². The van der Waals surface area contributed by atoms with Crippen molar-refractivity contribution in [3.63, 3.8) is 0 Å². The smallest absolute Gasteiger partial charge is 0.129 e. The molecule has 0 saturated heterocycles. The van der Waals surface area contributed by atoms with Gasteiger partial charge in [0.25, 0.3) is 0 Å². The molecule has 3 N–H and O–H groups in total. The van der Waals surface area contributed by atoms with E-state index in [0.29, 0.717) is 0 Å². The summed E-state index contributed by atoms with van der Waals surface area (Å²) in [6, 6.07) is 31.5. The van der Waals surface area contributed by atoms with E-state index in [1.54, 1.807) is 0 Å². The zero-order chi connectivity index (χ0) is 24.5. The Morgan fingerprint density at radius 3 is 1.78 bits per heavy atom. The summed E-state index contributed by atoms with van der Waals surface area (Å²) in [7, 11) is 0. The van der Waals surface area contributed by atoms with Crippen LogP contribution in [0.5, 0.6) is 0 Å². The average molecular weight is 473 g/mol. The molecule has 5 aromatic carbocycles. The molecule has 1 aliphatic rings. The quantitative estimate of drug-likeness (QED) is 0.224. The van der Waals surface area contributed by atoms with E-state index in [9.17, 15) is 5.11 Å². The van der Waals surface area contributed by atoms with Crippen LogP contribution in [0.1, 0.15) is 6.92 Å². The summed E-state index contributed by atoms with van der Waals surface area (Å²) in [5, 5.41) is 38.7. The molecule has 1 unspecified atom stereocenters. The first kappa shape index (κ1) is 21.9. The summed E-state index contributed by atoms with van der Waals surface area (Å²) >= 11 is 0. The van der Waals surface area contributed by atoms with Gasteiger partial charge in [0.1, 0.15) is 5.66 Å². The number of benzene rings is 5. The van der Waals surface area contributed by atoms with Crippen molar-refractivity contribution in [2.75, 3.05) is 17.2 Å². The van der Waals surface area contributed by atoms with Crippen molar-refractivity contribution in [1.29, 1.82) is 0 Å². The first-order chi connectivity index (χ1) is 17.6. The number of aliphatic hydroxyl groups is 1. The maximum atomic E-state index is 9.82. The van der Waals surface area contributed by atoms with E-state index in [1.165, 1.54) is 0 Å². The fourth-order valence-electron chi connectivity index (χ4n) is 4.55. The largest absolute Gasteiger partial charge is 0.392 e. The van der Waals surface area contributed by atoms with E-state index in [-0.39, 0.29) is 6.61 Å². The van der Waals surface area contributed by atoms with Gasteiger partial charge in [0.2, 0.25) is 0 Å². The maximum Gasteiger partial charge on any atom is 0.129 e. The lowest BCUT2D eigenvalue weighted by Gasteiger charge is -2.37. The Morgan fingerprint density at radius 2 is 1.11 bits per heavy atom. The minimum absolute atomic E-state index is 0.0434. The van der Waals surface area contributed by atoms with E-state index < -0.39 is 5.66 Å². The van der Waals surface area contributed by atoms with Gasteiger partial charge < -0.3 is 15.7 Å². The molecular formula is C29H24N6O. The monoisotopic (exact) mass is 472 g/mol. The molecule has 0 bridgehead atoms. The van der Waals surface area contributed by atoms with E-state index in [2.05, 4.69) is 31.1 Å². The van der Waals surface area contributed by atoms with Crippen LogP contribution < -0.4 is 10.6 Å². The molecular weight excluding hydrogens is 448 g/mol.